The van der Waals surface area contributed by atoms with E-state index in [1.165, 1.54) is 8.61 Å². The largest absolute Gasteiger partial charge is 0.497 e. The summed E-state index contributed by atoms with van der Waals surface area (Å²) in [5, 5.41) is 11.9. The first kappa shape index (κ1) is 25.4. The number of amides is 2. The Kier molecular flexibility index (Phi) is 7.64. The third-order valence-corrected chi connectivity index (χ3v) is 9.19. The van der Waals surface area contributed by atoms with E-state index < -0.39 is 22.2 Å². The highest BCUT2D eigenvalue weighted by atomic mass is 32.2. The van der Waals surface area contributed by atoms with Gasteiger partial charge in [0.05, 0.1) is 25.0 Å². The molecule has 1 aromatic rings. The van der Waals surface area contributed by atoms with Gasteiger partial charge in [-0.05, 0) is 55.9 Å². The second-order valence-corrected chi connectivity index (χ2v) is 11.5. The highest BCUT2D eigenvalue weighted by Gasteiger charge is 2.44. The fourth-order valence-electron chi connectivity index (χ4n) is 5.06. The number of aryl methyl sites for hydroxylation is 1. The highest BCUT2D eigenvalue weighted by molar-refractivity contribution is 7.86. The summed E-state index contributed by atoms with van der Waals surface area (Å²) < 4.78 is 33.7. The average Bonchev–Trinajstić information content (AvgIpc) is 3.32. The zero-order valence-corrected chi connectivity index (χ0v) is 21.1. The van der Waals surface area contributed by atoms with E-state index in [-0.39, 0.29) is 37.4 Å². The number of carbonyl (C=O) groups is 2. The van der Waals surface area contributed by atoms with E-state index in [9.17, 15) is 18.0 Å². The molecule has 0 spiro atoms. The van der Waals surface area contributed by atoms with Gasteiger partial charge in [-0.1, -0.05) is 6.07 Å². The number of hydrogen-bond donors (Lipinski definition) is 1. The molecule has 35 heavy (non-hydrogen) atoms. The van der Waals surface area contributed by atoms with Gasteiger partial charge in [0.25, 0.3) is 10.2 Å². The molecule has 190 valence electrons. The monoisotopic (exact) mass is 503 g/mol. The minimum absolute atomic E-state index is 0.116. The van der Waals surface area contributed by atoms with Crippen LogP contribution in [0, 0.1) is 30.1 Å². The molecule has 0 saturated carbocycles. The Hall–Kier alpha value is -2.68. The molecule has 3 fully saturated rings. The van der Waals surface area contributed by atoms with Crippen molar-refractivity contribution in [3.8, 4) is 11.8 Å². The molecule has 0 radical (unpaired) electrons. The number of nitrogens with zero attached hydrogens (tertiary/aromatic N) is 4. The van der Waals surface area contributed by atoms with E-state index in [1.807, 2.05) is 25.1 Å². The summed E-state index contributed by atoms with van der Waals surface area (Å²) in [4.78, 5) is 28.0. The van der Waals surface area contributed by atoms with Crippen LogP contribution < -0.4 is 10.1 Å². The zero-order chi connectivity index (χ0) is 25.2. The summed E-state index contributed by atoms with van der Waals surface area (Å²) in [6, 6.07) is 7.22. The van der Waals surface area contributed by atoms with E-state index in [2.05, 4.69) is 11.4 Å². The number of benzene rings is 1. The van der Waals surface area contributed by atoms with E-state index in [0.29, 0.717) is 38.9 Å². The Morgan fingerprint density at radius 3 is 2.57 bits per heavy atom. The van der Waals surface area contributed by atoms with Gasteiger partial charge in [0.1, 0.15) is 11.8 Å². The molecule has 0 bridgehead atoms. The lowest BCUT2D eigenvalue weighted by Gasteiger charge is -2.41. The van der Waals surface area contributed by atoms with Crippen molar-refractivity contribution in [1.82, 2.24) is 18.8 Å². The number of nitriles is 1. The molecule has 2 atom stereocenters. The van der Waals surface area contributed by atoms with Crippen LogP contribution in [-0.2, 0) is 26.3 Å². The SMILES string of the molecule is COc1ccc(CNC(=O)[C@H]2CCCN2C(=O)[C@H]2CCCN(S(=O)(=O)N3CC(C#N)C3)C2)c(C)c1. The van der Waals surface area contributed by atoms with Crippen LogP contribution in [0.2, 0.25) is 0 Å². The first-order valence-electron chi connectivity index (χ1n) is 12.1. The van der Waals surface area contributed by atoms with Crippen LogP contribution in [0.5, 0.6) is 5.75 Å². The Labute approximate surface area is 207 Å². The van der Waals surface area contributed by atoms with Crippen molar-refractivity contribution in [2.45, 2.75) is 45.2 Å². The number of piperidine rings is 1. The molecule has 2 amide bonds. The molecular weight excluding hydrogens is 470 g/mol. The summed E-state index contributed by atoms with van der Waals surface area (Å²) in [5.41, 5.74) is 1.99. The molecule has 1 N–H and O–H groups in total. The molecular formula is C24H33N5O5S. The fourth-order valence-corrected chi connectivity index (χ4v) is 6.85. The molecule has 1 aromatic carbocycles. The molecule has 0 unspecified atom stereocenters. The van der Waals surface area contributed by atoms with Crippen molar-refractivity contribution in [3.63, 3.8) is 0 Å². The van der Waals surface area contributed by atoms with Gasteiger partial charge in [-0.3, -0.25) is 9.59 Å². The van der Waals surface area contributed by atoms with Gasteiger partial charge >= 0.3 is 0 Å². The Bertz CT molecular complexity index is 1110. The van der Waals surface area contributed by atoms with E-state index in [0.717, 1.165) is 23.3 Å². The smallest absolute Gasteiger partial charge is 0.282 e. The van der Waals surface area contributed by atoms with Crippen molar-refractivity contribution >= 4 is 22.0 Å². The number of rotatable bonds is 7. The standard InChI is InChI=1S/C24H33N5O5S/c1-17-11-21(34-2)8-7-19(17)13-26-23(30)22-6-4-10-29(22)24(31)20-5-3-9-27(16-20)35(32,33)28-14-18(12-25)15-28/h7-8,11,18,20,22H,3-6,9-10,13-16H2,1-2H3,(H,26,30)/t20-,22+/m0/s1. The van der Waals surface area contributed by atoms with Crippen LogP contribution in [0.15, 0.2) is 18.2 Å². The Morgan fingerprint density at radius 1 is 1.14 bits per heavy atom. The Morgan fingerprint density at radius 2 is 1.89 bits per heavy atom. The Balaban J connectivity index is 1.36. The second-order valence-electron chi connectivity index (χ2n) is 9.55. The fraction of sp³-hybridized carbons (Fsp3) is 0.625. The summed E-state index contributed by atoms with van der Waals surface area (Å²) in [6.07, 6.45) is 2.52. The molecule has 4 rings (SSSR count). The number of ether oxygens (including phenoxy) is 1. The van der Waals surface area contributed by atoms with Crippen molar-refractivity contribution < 1.29 is 22.7 Å². The van der Waals surface area contributed by atoms with Gasteiger partial charge in [0.2, 0.25) is 11.8 Å². The molecule has 3 aliphatic heterocycles. The number of carbonyl (C=O) groups excluding carboxylic acids is 2. The molecule has 3 saturated heterocycles. The van der Waals surface area contributed by atoms with Crippen molar-refractivity contribution in [2.75, 3.05) is 39.8 Å². The minimum atomic E-state index is -3.68. The lowest BCUT2D eigenvalue weighted by molar-refractivity contribution is -0.142. The van der Waals surface area contributed by atoms with Crippen molar-refractivity contribution in [2.24, 2.45) is 11.8 Å². The van der Waals surface area contributed by atoms with Crippen LogP contribution in [0.1, 0.15) is 36.8 Å². The molecule has 3 aliphatic rings. The normalized spacial score (nSPS) is 24.0. The van der Waals surface area contributed by atoms with Crippen LogP contribution >= 0.6 is 0 Å². The van der Waals surface area contributed by atoms with Gasteiger partial charge in [-0.15, -0.1) is 0 Å². The van der Waals surface area contributed by atoms with Gasteiger partial charge < -0.3 is 15.0 Å². The molecule has 10 nitrogen and oxygen atoms in total. The first-order chi connectivity index (χ1) is 16.7. The molecule has 0 aliphatic carbocycles. The van der Waals surface area contributed by atoms with Crippen molar-refractivity contribution in [3.05, 3.63) is 29.3 Å². The van der Waals surface area contributed by atoms with E-state index in [4.69, 9.17) is 10.00 Å². The maximum absolute atomic E-state index is 13.4. The maximum Gasteiger partial charge on any atom is 0.282 e. The zero-order valence-electron chi connectivity index (χ0n) is 20.3. The van der Waals surface area contributed by atoms with Gasteiger partial charge in [-0.25, -0.2) is 0 Å². The topological polar surface area (TPSA) is 123 Å². The predicted octanol–water partition coefficient (Wildman–Crippen LogP) is 1.02. The number of nitrogens with one attached hydrogen (secondary N) is 1. The number of likely N-dealkylation sites (tertiary alicyclic amines) is 1. The molecule has 11 heteroatoms. The van der Waals surface area contributed by atoms with E-state index in [1.54, 1.807) is 12.0 Å². The van der Waals surface area contributed by atoms with Gasteiger partial charge in [0.15, 0.2) is 0 Å². The summed E-state index contributed by atoms with van der Waals surface area (Å²) in [6.45, 7) is 3.71. The molecule has 3 heterocycles. The third kappa shape index (κ3) is 5.29. The predicted molar refractivity (Wildman–Crippen MR) is 128 cm³/mol. The number of hydrogen-bond acceptors (Lipinski definition) is 6. The second kappa shape index (κ2) is 10.5. The van der Waals surface area contributed by atoms with Gasteiger partial charge in [0, 0.05) is 39.3 Å². The first-order valence-corrected chi connectivity index (χ1v) is 13.5. The minimum Gasteiger partial charge on any atom is -0.497 e. The van der Waals surface area contributed by atoms with E-state index >= 15 is 0 Å². The molecule has 0 aromatic heterocycles. The lowest BCUT2D eigenvalue weighted by Crippen LogP contribution is -2.57. The highest BCUT2D eigenvalue weighted by Crippen LogP contribution is 2.29. The van der Waals surface area contributed by atoms with Crippen molar-refractivity contribution in [1.29, 1.82) is 5.26 Å². The quantitative estimate of drug-likeness (QED) is 0.593. The summed E-state index contributed by atoms with van der Waals surface area (Å²) >= 11 is 0. The average molecular weight is 504 g/mol. The third-order valence-electron chi connectivity index (χ3n) is 7.26. The maximum atomic E-state index is 13.4. The van der Waals surface area contributed by atoms with Crippen LogP contribution in [-0.4, -0.2) is 79.6 Å². The van der Waals surface area contributed by atoms with Crippen LogP contribution in [0.4, 0.5) is 0 Å². The number of methoxy groups -OCH3 is 1. The summed E-state index contributed by atoms with van der Waals surface area (Å²) in [7, 11) is -2.07. The summed E-state index contributed by atoms with van der Waals surface area (Å²) in [5.74, 6) is -0.315. The van der Waals surface area contributed by atoms with Crippen LogP contribution in [0.3, 0.4) is 0 Å². The van der Waals surface area contributed by atoms with Gasteiger partial charge in [-0.2, -0.15) is 22.3 Å². The van der Waals surface area contributed by atoms with Crippen LogP contribution in [0.25, 0.3) is 0 Å². The lowest BCUT2D eigenvalue weighted by atomic mass is 9.97.